The van der Waals surface area contributed by atoms with Gasteiger partial charge < -0.3 is 23.7 Å². The smallest absolute Gasteiger partial charge is 0.387 e. The molecule has 1 heterocycles. The molecule has 164 valence electrons. The Kier molecular flexibility index (Phi) is 7.07. The first kappa shape index (κ1) is 22.1. The molecule has 31 heavy (non-hydrogen) atoms. The number of aliphatic imine (C=N–C) groups is 1. The molecule has 0 atom stereocenters. The Morgan fingerprint density at radius 2 is 1.71 bits per heavy atom. The average molecular weight is 433 g/mol. The van der Waals surface area contributed by atoms with Gasteiger partial charge in [0, 0.05) is 5.56 Å². The van der Waals surface area contributed by atoms with Crippen molar-refractivity contribution < 1.29 is 37.3 Å². The van der Waals surface area contributed by atoms with Gasteiger partial charge in [0.05, 0.1) is 20.3 Å². The Labute approximate surface area is 177 Å². The maximum atomic E-state index is 12.5. The van der Waals surface area contributed by atoms with Crippen molar-refractivity contribution in [3.63, 3.8) is 0 Å². The van der Waals surface area contributed by atoms with E-state index < -0.39 is 12.6 Å². The van der Waals surface area contributed by atoms with Crippen LogP contribution in [0.25, 0.3) is 6.08 Å². The van der Waals surface area contributed by atoms with Crippen LogP contribution in [0, 0.1) is 0 Å². The normalized spacial score (nSPS) is 14.5. The molecule has 0 spiro atoms. The number of hydrogen-bond donors (Lipinski definition) is 0. The number of rotatable bonds is 9. The second-order valence-corrected chi connectivity index (χ2v) is 6.15. The molecule has 3 rings (SSSR count). The lowest BCUT2D eigenvalue weighted by Crippen LogP contribution is -2.06. The number of benzene rings is 2. The van der Waals surface area contributed by atoms with Crippen LogP contribution in [0.3, 0.4) is 0 Å². The van der Waals surface area contributed by atoms with Crippen molar-refractivity contribution in [2.75, 3.05) is 20.3 Å². The minimum Gasteiger partial charge on any atom is -0.493 e. The Bertz CT molecular complexity index is 1020. The number of carbonyl (C=O) groups excluding carboxylic acids is 1. The van der Waals surface area contributed by atoms with Crippen molar-refractivity contribution in [3.05, 3.63) is 53.2 Å². The second kappa shape index (κ2) is 9.92. The molecule has 0 unspecified atom stereocenters. The van der Waals surface area contributed by atoms with E-state index in [4.69, 9.17) is 18.9 Å². The van der Waals surface area contributed by atoms with E-state index in [0.29, 0.717) is 35.8 Å². The number of hydrogen-bond acceptors (Lipinski definition) is 7. The number of cyclic esters (lactones) is 1. The highest BCUT2D eigenvalue weighted by atomic mass is 19.3. The molecular weight excluding hydrogens is 412 g/mol. The summed E-state index contributed by atoms with van der Waals surface area (Å²) in [6.45, 7) is 1.65. The molecule has 0 radical (unpaired) electrons. The van der Waals surface area contributed by atoms with Crippen molar-refractivity contribution in [1.29, 1.82) is 0 Å². The summed E-state index contributed by atoms with van der Waals surface area (Å²) in [5.41, 5.74) is 1.09. The third kappa shape index (κ3) is 5.30. The van der Waals surface area contributed by atoms with E-state index in [1.54, 1.807) is 18.2 Å². The fourth-order valence-corrected chi connectivity index (χ4v) is 2.84. The van der Waals surface area contributed by atoms with Crippen LogP contribution in [-0.2, 0) is 9.53 Å². The van der Waals surface area contributed by atoms with Gasteiger partial charge in [-0.25, -0.2) is 9.79 Å². The van der Waals surface area contributed by atoms with E-state index in [-0.39, 0.29) is 23.1 Å². The number of esters is 1. The number of methoxy groups -OCH3 is 1. The molecule has 0 saturated carbocycles. The lowest BCUT2D eigenvalue weighted by atomic mass is 10.1. The Morgan fingerprint density at radius 1 is 1.00 bits per heavy atom. The second-order valence-electron chi connectivity index (χ2n) is 6.15. The van der Waals surface area contributed by atoms with Crippen LogP contribution in [0.4, 0.5) is 8.78 Å². The molecule has 0 amide bonds. The molecule has 0 bridgehead atoms. The Balaban J connectivity index is 1.89. The van der Waals surface area contributed by atoms with Gasteiger partial charge in [0.1, 0.15) is 0 Å². The topological polar surface area (TPSA) is 75.6 Å². The van der Waals surface area contributed by atoms with Crippen LogP contribution in [0.1, 0.15) is 25.0 Å². The van der Waals surface area contributed by atoms with Gasteiger partial charge in [-0.3, -0.25) is 0 Å². The number of nitrogens with zero attached hydrogens (tertiary/aromatic N) is 1. The molecule has 2 aromatic rings. The van der Waals surface area contributed by atoms with E-state index in [0.717, 1.165) is 0 Å². The fraction of sp³-hybridized carbons (Fsp3) is 0.273. The number of alkyl halides is 2. The largest absolute Gasteiger partial charge is 0.493 e. The van der Waals surface area contributed by atoms with Crippen molar-refractivity contribution in [2.45, 2.75) is 20.5 Å². The summed E-state index contributed by atoms with van der Waals surface area (Å²) < 4.78 is 50.8. The van der Waals surface area contributed by atoms with E-state index in [2.05, 4.69) is 9.73 Å². The quantitative estimate of drug-likeness (QED) is 0.430. The molecule has 0 N–H and O–H groups in total. The van der Waals surface area contributed by atoms with Crippen LogP contribution in [0.2, 0.25) is 0 Å². The van der Waals surface area contributed by atoms with Crippen LogP contribution >= 0.6 is 0 Å². The van der Waals surface area contributed by atoms with Crippen LogP contribution in [0.15, 0.2) is 47.1 Å². The first-order chi connectivity index (χ1) is 14.9. The van der Waals surface area contributed by atoms with E-state index in [1.165, 1.54) is 31.4 Å². The minimum atomic E-state index is -2.98. The number of ether oxygens (including phenoxy) is 5. The average Bonchev–Trinajstić information content (AvgIpc) is 3.10. The molecule has 1 aliphatic heterocycles. The molecule has 2 aromatic carbocycles. The molecular formula is C22H21F2NO6. The zero-order valence-electron chi connectivity index (χ0n) is 17.2. The lowest BCUT2D eigenvalue weighted by molar-refractivity contribution is -0.129. The van der Waals surface area contributed by atoms with Gasteiger partial charge >= 0.3 is 12.6 Å². The summed E-state index contributed by atoms with van der Waals surface area (Å²) in [7, 11) is 1.33. The highest BCUT2D eigenvalue weighted by Crippen LogP contribution is 2.32. The van der Waals surface area contributed by atoms with Crippen LogP contribution in [-0.4, -0.2) is 38.8 Å². The number of halogens is 2. The highest BCUT2D eigenvalue weighted by Gasteiger charge is 2.25. The van der Waals surface area contributed by atoms with E-state index >= 15 is 0 Å². The summed E-state index contributed by atoms with van der Waals surface area (Å²) in [6.07, 6.45) is 1.46. The standard InChI is InChI=1S/C22H21F2NO6/c1-4-28-16-9-7-14(12-19(16)29-5-2)20-25-15(21(26)31-20)10-13-6-8-17(30-22(23)24)18(11-13)27-3/h6-12,22H,4-5H2,1-3H3/b15-10-. The van der Waals surface area contributed by atoms with Crippen LogP contribution < -0.4 is 18.9 Å². The van der Waals surface area contributed by atoms with Gasteiger partial charge in [-0.05, 0) is 55.8 Å². The summed E-state index contributed by atoms with van der Waals surface area (Å²) >= 11 is 0. The van der Waals surface area contributed by atoms with Gasteiger partial charge in [0.2, 0.25) is 5.90 Å². The Hall–Kier alpha value is -3.62. The SMILES string of the molecule is CCOc1ccc(C2=N/C(=C\c3ccc(OC(F)F)c(OC)c3)C(=O)O2)cc1OCC. The Morgan fingerprint density at radius 3 is 2.39 bits per heavy atom. The third-order valence-corrected chi connectivity index (χ3v) is 4.12. The van der Waals surface area contributed by atoms with Crippen molar-refractivity contribution in [1.82, 2.24) is 0 Å². The van der Waals surface area contributed by atoms with Crippen molar-refractivity contribution in [2.24, 2.45) is 4.99 Å². The molecule has 0 aliphatic carbocycles. The van der Waals surface area contributed by atoms with E-state index in [9.17, 15) is 13.6 Å². The van der Waals surface area contributed by atoms with Gasteiger partial charge in [-0.1, -0.05) is 6.07 Å². The lowest BCUT2D eigenvalue weighted by Gasteiger charge is -2.11. The summed E-state index contributed by atoms with van der Waals surface area (Å²) in [4.78, 5) is 16.5. The van der Waals surface area contributed by atoms with Gasteiger partial charge in [-0.15, -0.1) is 0 Å². The molecule has 7 nitrogen and oxygen atoms in total. The predicted octanol–water partition coefficient (Wildman–Crippen LogP) is 4.44. The fourth-order valence-electron chi connectivity index (χ4n) is 2.84. The molecule has 0 aromatic heterocycles. The minimum absolute atomic E-state index is 0.0476. The maximum Gasteiger partial charge on any atom is 0.387 e. The summed E-state index contributed by atoms with van der Waals surface area (Å²) in [5.74, 6) is 0.539. The predicted molar refractivity (Wildman–Crippen MR) is 109 cm³/mol. The van der Waals surface area contributed by atoms with Crippen molar-refractivity contribution in [3.8, 4) is 23.0 Å². The molecule has 1 aliphatic rings. The van der Waals surface area contributed by atoms with Crippen molar-refractivity contribution >= 4 is 17.9 Å². The van der Waals surface area contributed by atoms with E-state index in [1.807, 2.05) is 13.8 Å². The molecule has 0 fully saturated rings. The van der Waals surface area contributed by atoms with Gasteiger partial charge in [0.25, 0.3) is 0 Å². The van der Waals surface area contributed by atoms with Gasteiger partial charge in [0.15, 0.2) is 28.7 Å². The monoisotopic (exact) mass is 433 g/mol. The highest BCUT2D eigenvalue weighted by molar-refractivity contribution is 6.13. The molecule has 9 heteroatoms. The summed E-state index contributed by atoms with van der Waals surface area (Å²) in [6, 6.07) is 9.39. The first-order valence-corrected chi connectivity index (χ1v) is 9.50. The van der Waals surface area contributed by atoms with Gasteiger partial charge in [-0.2, -0.15) is 8.78 Å². The number of carbonyl (C=O) groups is 1. The molecule has 0 saturated heterocycles. The third-order valence-electron chi connectivity index (χ3n) is 4.12. The summed E-state index contributed by atoms with van der Waals surface area (Å²) in [5, 5.41) is 0. The zero-order chi connectivity index (χ0) is 22.4. The zero-order valence-corrected chi connectivity index (χ0v) is 17.2. The van der Waals surface area contributed by atoms with Crippen LogP contribution in [0.5, 0.6) is 23.0 Å². The first-order valence-electron chi connectivity index (χ1n) is 9.50. The maximum absolute atomic E-state index is 12.5.